The molecule has 2 N–H and O–H groups in total. The fourth-order valence-corrected chi connectivity index (χ4v) is 3.90. The van der Waals surface area contributed by atoms with Crippen LogP contribution in [0.15, 0.2) is 42.5 Å². The summed E-state index contributed by atoms with van der Waals surface area (Å²) in [4.78, 5) is 2.48. The van der Waals surface area contributed by atoms with Gasteiger partial charge < -0.3 is 25.0 Å². The lowest BCUT2D eigenvalue weighted by Gasteiger charge is -2.32. The molecular formula is C23H31N3O2S. The highest BCUT2D eigenvalue weighted by molar-refractivity contribution is 7.80. The Morgan fingerprint density at radius 1 is 1.03 bits per heavy atom. The zero-order chi connectivity index (χ0) is 20.8. The first-order valence-corrected chi connectivity index (χ1v) is 10.6. The van der Waals surface area contributed by atoms with Gasteiger partial charge in [-0.15, -0.1) is 0 Å². The topological polar surface area (TPSA) is 45.8 Å². The summed E-state index contributed by atoms with van der Waals surface area (Å²) in [6.45, 7) is 6.74. The molecule has 1 aliphatic heterocycles. The Morgan fingerprint density at radius 2 is 1.69 bits per heavy atom. The van der Waals surface area contributed by atoms with Crippen LogP contribution >= 0.6 is 12.2 Å². The van der Waals surface area contributed by atoms with Gasteiger partial charge in [-0.25, -0.2) is 0 Å². The summed E-state index contributed by atoms with van der Waals surface area (Å²) in [5.41, 5.74) is 3.36. The highest BCUT2D eigenvalue weighted by Crippen LogP contribution is 2.30. The molecule has 0 bridgehead atoms. The van der Waals surface area contributed by atoms with Crippen LogP contribution in [0.25, 0.3) is 0 Å². The molecule has 1 saturated heterocycles. The summed E-state index contributed by atoms with van der Waals surface area (Å²) in [7, 11) is 3.24. The summed E-state index contributed by atoms with van der Waals surface area (Å²) in [6.07, 6.45) is 2.55. The molecule has 29 heavy (non-hydrogen) atoms. The average molecular weight is 414 g/mol. The number of anilines is 2. The number of hydrogen-bond donors (Lipinski definition) is 2. The molecule has 0 aliphatic carbocycles. The molecule has 1 fully saturated rings. The molecule has 0 radical (unpaired) electrons. The van der Waals surface area contributed by atoms with Gasteiger partial charge in [-0.3, -0.25) is 0 Å². The number of nitrogens with one attached hydrogen (secondary N) is 2. The highest BCUT2D eigenvalue weighted by Gasteiger charge is 2.16. The molecular weight excluding hydrogens is 382 g/mol. The molecule has 0 unspecified atom stereocenters. The van der Waals surface area contributed by atoms with Crippen molar-refractivity contribution < 1.29 is 9.47 Å². The van der Waals surface area contributed by atoms with E-state index < -0.39 is 0 Å². The lowest BCUT2D eigenvalue weighted by Crippen LogP contribution is -2.33. The van der Waals surface area contributed by atoms with Crippen molar-refractivity contribution in [1.29, 1.82) is 0 Å². The zero-order valence-electron chi connectivity index (χ0n) is 17.7. The zero-order valence-corrected chi connectivity index (χ0v) is 18.5. The van der Waals surface area contributed by atoms with Crippen LogP contribution in [-0.2, 0) is 0 Å². The van der Waals surface area contributed by atoms with Crippen molar-refractivity contribution in [3.63, 3.8) is 0 Å². The molecule has 1 atom stereocenters. The average Bonchev–Trinajstić information content (AvgIpc) is 2.74. The Balaban J connectivity index is 1.57. The normalized spacial score (nSPS) is 15.5. The molecule has 0 amide bonds. The quantitative estimate of drug-likeness (QED) is 0.651. The van der Waals surface area contributed by atoms with Crippen LogP contribution < -0.4 is 25.0 Å². The van der Waals surface area contributed by atoms with Gasteiger partial charge in [0.15, 0.2) is 16.6 Å². The summed E-state index contributed by atoms with van der Waals surface area (Å²) >= 11 is 5.49. The van der Waals surface area contributed by atoms with Gasteiger partial charge in [0.25, 0.3) is 0 Å². The monoisotopic (exact) mass is 413 g/mol. The summed E-state index contributed by atoms with van der Waals surface area (Å²) in [5, 5.41) is 7.13. The number of piperidine rings is 1. The SMILES string of the molecule is COc1ccc(NC(=S)N[C@H](C)c2ccc(N3CCC(C)CC3)cc2)cc1OC. The van der Waals surface area contributed by atoms with Gasteiger partial charge in [-0.05, 0) is 67.7 Å². The van der Waals surface area contributed by atoms with Crippen molar-refractivity contribution in [2.24, 2.45) is 5.92 Å². The van der Waals surface area contributed by atoms with E-state index in [1.165, 1.54) is 24.1 Å². The van der Waals surface area contributed by atoms with Crippen molar-refractivity contribution in [1.82, 2.24) is 5.32 Å². The minimum Gasteiger partial charge on any atom is -0.493 e. The molecule has 2 aromatic rings. The lowest BCUT2D eigenvalue weighted by atomic mass is 9.98. The highest BCUT2D eigenvalue weighted by atomic mass is 32.1. The van der Waals surface area contributed by atoms with Crippen LogP contribution in [0.3, 0.4) is 0 Å². The van der Waals surface area contributed by atoms with E-state index >= 15 is 0 Å². The Hall–Kier alpha value is -2.47. The second-order valence-corrected chi connectivity index (χ2v) is 8.06. The van der Waals surface area contributed by atoms with E-state index in [2.05, 4.69) is 53.6 Å². The maximum Gasteiger partial charge on any atom is 0.171 e. The predicted molar refractivity (Wildman–Crippen MR) is 124 cm³/mol. The van der Waals surface area contributed by atoms with Crippen LogP contribution in [0, 0.1) is 5.92 Å². The van der Waals surface area contributed by atoms with Gasteiger partial charge in [0.1, 0.15) is 0 Å². The van der Waals surface area contributed by atoms with Crippen molar-refractivity contribution in [3.8, 4) is 11.5 Å². The van der Waals surface area contributed by atoms with E-state index in [4.69, 9.17) is 21.7 Å². The van der Waals surface area contributed by atoms with Gasteiger partial charge in [0.05, 0.1) is 20.3 Å². The number of benzene rings is 2. The fraction of sp³-hybridized carbons (Fsp3) is 0.435. The maximum absolute atomic E-state index is 5.49. The van der Waals surface area contributed by atoms with E-state index in [0.29, 0.717) is 16.6 Å². The second kappa shape index (κ2) is 9.83. The van der Waals surface area contributed by atoms with E-state index in [1.54, 1.807) is 14.2 Å². The van der Waals surface area contributed by atoms with E-state index in [-0.39, 0.29) is 6.04 Å². The number of rotatable bonds is 6. The number of ether oxygens (including phenoxy) is 2. The first-order chi connectivity index (χ1) is 14.0. The fourth-order valence-electron chi connectivity index (χ4n) is 3.60. The minimum atomic E-state index is 0.102. The smallest absolute Gasteiger partial charge is 0.171 e. The first-order valence-electron chi connectivity index (χ1n) is 10.1. The first kappa shape index (κ1) is 21.2. The van der Waals surface area contributed by atoms with Crippen LogP contribution in [0.1, 0.15) is 38.3 Å². The van der Waals surface area contributed by atoms with Crippen molar-refractivity contribution in [2.45, 2.75) is 32.7 Å². The van der Waals surface area contributed by atoms with Gasteiger partial charge in [0.2, 0.25) is 0 Å². The molecule has 1 aliphatic rings. The standard InChI is InChI=1S/C23H31N3O2S/c1-16-11-13-26(14-12-16)20-8-5-18(6-9-20)17(2)24-23(29)25-19-7-10-21(27-3)22(15-19)28-4/h5-10,15-17H,11-14H2,1-4H3,(H2,24,25,29)/t17-/m1/s1. The third kappa shape index (κ3) is 5.54. The number of nitrogens with zero attached hydrogens (tertiary/aromatic N) is 1. The Bertz CT molecular complexity index is 817. The summed E-state index contributed by atoms with van der Waals surface area (Å²) in [6, 6.07) is 14.5. The van der Waals surface area contributed by atoms with Crippen LogP contribution in [0.2, 0.25) is 0 Å². The van der Waals surface area contributed by atoms with Crippen LogP contribution in [0.4, 0.5) is 11.4 Å². The number of methoxy groups -OCH3 is 2. The van der Waals surface area contributed by atoms with Crippen molar-refractivity contribution in [3.05, 3.63) is 48.0 Å². The molecule has 5 nitrogen and oxygen atoms in total. The molecule has 156 valence electrons. The molecule has 1 heterocycles. The predicted octanol–water partition coefficient (Wildman–Crippen LogP) is 4.99. The lowest BCUT2D eigenvalue weighted by molar-refractivity contribution is 0.355. The maximum atomic E-state index is 5.49. The third-order valence-electron chi connectivity index (χ3n) is 5.53. The number of hydrogen-bond acceptors (Lipinski definition) is 4. The summed E-state index contributed by atoms with van der Waals surface area (Å²) in [5.74, 6) is 2.19. The Kier molecular flexibility index (Phi) is 7.20. The second-order valence-electron chi connectivity index (χ2n) is 7.65. The van der Waals surface area contributed by atoms with E-state index in [0.717, 1.165) is 24.7 Å². The van der Waals surface area contributed by atoms with Gasteiger partial charge in [-0.2, -0.15) is 0 Å². The minimum absolute atomic E-state index is 0.102. The molecule has 0 aromatic heterocycles. The van der Waals surface area contributed by atoms with E-state index in [9.17, 15) is 0 Å². The Labute approximate surface area is 179 Å². The molecule has 0 saturated carbocycles. The van der Waals surface area contributed by atoms with Gasteiger partial charge in [0, 0.05) is 30.5 Å². The number of thiocarbonyl (C=S) groups is 1. The molecule has 2 aromatic carbocycles. The van der Waals surface area contributed by atoms with Crippen LogP contribution in [-0.4, -0.2) is 32.4 Å². The molecule has 0 spiro atoms. The molecule has 6 heteroatoms. The van der Waals surface area contributed by atoms with Crippen LogP contribution in [0.5, 0.6) is 11.5 Å². The van der Waals surface area contributed by atoms with Gasteiger partial charge in [-0.1, -0.05) is 19.1 Å². The molecule has 3 rings (SSSR count). The van der Waals surface area contributed by atoms with Gasteiger partial charge >= 0.3 is 0 Å². The largest absolute Gasteiger partial charge is 0.493 e. The summed E-state index contributed by atoms with van der Waals surface area (Å²) < 4.78 is 10.6. The van der Waals surface area contributed by atoms with Crippen molar-refractivity contribution >= 4 is 28.7 Å². The van der Waals surface area contributed by atoms with E-state index in [1.807, 2.05) is 18.2 Å². The third-order valence-corrected chi connectivity index (χ3v) is 5.75. The Morgan fingerprint density at radius 3 is 2.31 bits per heavy atom. The van der Waals surface area contributed by atoms with Crippen molar-refractivity contribution in [2.75, 3.05) is 37.5 Å².